The molecule has 2 N–H and O–H groups in total. The van der Waals surface area contributed by atoms with Crippen LogP contribution < -0.4 is 10.6 Å². The minimum absolute atomic E-state index is 0.259. The van der Waals surface area contributed by atoms with Crippen LogP contribution in [0.25, 0.3) is 0 Å². The molecule has 3 heterocycles. The van der Waals surface area contributed by atoms with Crippen molar-refractivity contribution in [3.8, 4) is 0 Å². The Morgan fingerprint density at radius 1 is 1.25 bits per heavy atom. The second kappa shape index (κ2) is 7.63. The lowest BCUT2D eigenvalue weighted by atomic mass is 10.1. The van der Waals surface area contributed by atoms with Crippen molar-refractivity contribution in [2.75, 3.05) is 24.6 Å². The van der Waals surface area contributed by atoms with Crippen LogP contribution in [0.5, 0.6) is 0 Å². The molecule has 0 aromatic carbocycles. The number of hydrogen-bond acceptors (Lipinski definition) is 6. The predicted molar refractivity (Wildman–Crippen MR) is 90.2 cm³/mol. The highest BCUT2D eigenvalue weighted by Crippen LogP contribution is 2.28. The molecule has 3 rings (SSSR count). The first-order valence-electron chi connectivity index (χ1n) is 8.89. The van der Waals surface area contributed by atoms with Gasteiger partial charge in [0.1, 0.15) is 18.1 Å². The van der Waals surface area contributed by atoms with E-state index in [-0.39, 0.29) is 18.7 Å². The zero-order valence-electron chi connectivity index (χ0n) is 14.2. The molecule has 1 aromatic heterocycles. The van der Waals surface area contributed by atoms with Gasteiger partial charge < -0.3 is 19.8 Å². The van der Waals surface area contributed by atoms with Gasteiger partial charge in [0, 0.05) is 31.3 Å². The number of aliphatic hydroxyl groups excluding tert-OH is 2. The third kappa shape index (κ3) is 3.63. The van der Waals surface area contributed by atoms with E-state index in [0.29, 0.717) is 0 Å². The number of anilines is 1. The third-order valence-corrected chi connectivity index (χ3v) is 4.96. The Morgan fingerprint density at radius 2 is 1.92 bits per heavy atom. The van der Waals surface area contributed by atoms with Gasteiger partial charge in [-0.1, -0.05) is 19.3 Å². The predicted octanol–water partition coefficient (Wildman–Crippen LogP) is 0.963. The summed E-state index contributed by atoms with van der Waals surface area (Å²) in [6, 6.07) is 0. The number of aliphatic hydroxyl groups is 2. The number of rotatable bonds is 3. The van der Waals surface area contributed by atoms with Gasteiger partial charge in [0.25, 0.3) is 0 Å². The summed E-state index contributed by atoms with van der Waals surface area (Å²) in [4.78, 5) is 19.0. The Balaban J connectivity index is 1.82. The lowest BCUT2D eigenvalue weighted by Gasteiger charge is -2.27. The maximum Gasteiger partial charge on any atom is 0.351 e. The SMILES string of the molecule is Cc1cn(C2CC(O)C(CO)O2)c(=O)nc1N1CCCCCCC1. The molecule has 0 radical (unpaired) electrons. The number of ether oxygens (including phenoxy) is 1. The minimum atomic E-state index is -0.763. The number of aryl methyl sites for hydroxylation is 1. The van der Waals surface area contributed by atoms with Gasteiger partial charge in [-0.25, -0.2) is 4.79 Å². The molecule has 7 heteroatoms. The second-order valence-corrected chi connectivity index (χ2v) is 6.81. The first-order chi connectivity index (χ1) is 11.6. The van der Waals surface area contributed by atoms with Gasteiger partial charge in [-0.05, 0) is 19.8 Å². The molecule has 0 aliphatic carbocycles. The van der Waals surface area contributed by atoms with Crippen LogP contribution in [-0.4, -0.2) is 51.7 Å². The summed E-state index contributed by atoms with van der Waals surface area (Å²) in [7, 11) is 0. The summed E-state index contributed by atoms with van der Waals surface area (Å²) in [5, 5.41) is 19.1. The Hall–Kier alpha value is -1.44. The molecular weight excluding hydrogens is 310 g/mol. The fourth-order valence-electron chi connectivity index (χ4n) is 3.59. The minimum Gasteiger partial charge on any atom is -0.394 e. The summed E-state index contributed by atoms with van der Waals surface area (Å²) >= 11 is 0. The zero-order chi connectivity index (χ0) is 17.1. The summed E-state index contributed by atoms with van der Waals surface area (Å²) in [5.41, 5.74) is 0.564. The summed E-state index contributed by atoms with van der Waals surface area (Å²) < 4.78 is 7.01. The largest absolute Gasteiger partial charge is 0.394 e. The maximum atomic E-state index is 12.5. The van der Waals surface area contributed by atoms with Crippen LogP contribution in [0.2, 0.25) is 0 Å². The normalized spacial score (nSPS) is 28.6. The van der Waals surface area contributed by atoms with Crippen LogP contribution >= 0.6 is 0 Å². The first-order valence-corrected chi connectivity index (χ1v) is 8.89. The van der Waals surface area contributed by atoms with Crippen LogP contribution in [0.1, 0.15) is 50.3 Å². The van der Waals surface area contributed by atoms with Crippen molar-refractivity contribution in [1.29, 1.82) is 0 Å². The van der Waals surface area contributed by atoms with Crippen molar-refractivity contribution in [1.82, 2.24) is 9.55 Å². The molecule has 3 unspecified atom stereocenters. The smallest absolute Gasteiger partial charge is 0.351 e. The van der Waals surface area contributed by atoms with Gasteiger partial charge >= 0.3 is 5.69 Å². The van der Waals surface area contributed by atoms with Crippen molar-refractivity contribution >= 4 is 5.82 Å². The van der Waals surface area contributed by atoms with Crippen molar-refractivity contribution in [3.05, 3.63) is 22.2 Å². The third-order valence-electron chi connectivity index (χ3n) is 4.96. The molecule has 24 heavy (non-hydrogen) atoms. The van der Waals surface area contributed by atoms with E-state index in [1.807, 2.05) is 6.92 Å². The first kappa shape index (κ1) is 17.4. The average Bonchev–Trinajstić information content (AvgIpc) is 2.90. The maximum absolute atomic E-state index is 12.5. The van der Waals surface area contributed by atoms with Crippen LogP contribution in [0.4, 0.5) is 5.82 Å². The van der Waals surface area contributed by atoms with E-state index in [9.17, 15) is 15.0 Å². The Labute approximate surface area is 141 Å². The number of nitrogens with zero attached hydrogens (tertiary/aromatic N) is 3. The lowest BCUT2D eigenvalue weighted by molar-refractivity contribution is -0.0459. The molecule has 1 aromatic rings. The van der Waals surface area contributed by atoms with E-state index >= 15 is 0 Å². The molecular formula is C17H27N3O4. The quantitative estimate of drug-likeness (QED) is 0.854. The van der Waals surface area contributed by atoms with E-state index in [1.165, 1.54) is 23.8 Å². The van der Waals surface area contributed by atoms with Gasteiger partial charge in [0.15, 0.2) is 0 Å². The van der Waals surface area contributed by atoms with E-state index in [4.69, 9.17) is 4.74 Å². The van der Waals surface area contributed by atoms with Gasteiger partial charge in [-0.3, -0.25) is 4.57 Å². The van der Waals surface area contributed by atoms with Gasteiger partial charge in [-0.15, -0.1) is 0 Å². The summed E-state index contributed by atoms with van der Waals surface area (Å²) in [6.45, 7) is 3.56. The van der Waals surface area contributed by atoms with Crippen LogP contribution in [0.3, 0.4) is 0 Å². The molecule has 2 saturated heterocycles. The van der Waals surface area contributed by atoms with E-state index < -0.39 is 18.4 Å². The Bertz CT molecular complexity index is 610. The van der Waals surface area contributed by atoms with Gasteiger partial charge in [-0.2, -0.15) is 4.98 Å². The lowest BCUT2D eigenvalue weighted by Crippen LogP contribution is -2.34. The van der Waals surface area contributed by atoms with Crippen LogP contribution in [-0.2, 0) is 4.74 Å². The highest BCUT2D eigenvalue weighted by molar-refractivity contribution is 5.44. The van der Waals surface area contributed by atoms with E-state index in [2.05, 4.69) is 9.88 Å². The molecule has 2 aliphatic heterocycles. The standard InChI is InChI=1S/C17H27N3O4/c1-12-10-20(15-9-13(22)14(11-21)24-15)17(23)18-16(12)19-7-5-3-2-4-6-8-19/h10,13-15,21-22H,2-9,11H2,1H3. The van der Waals surface area contributed by atoms with Crippen molar-refractivity contribution in [3.63, 3.8) is 0 Å². The molecule has 0 bridgehead atoms. The number of aromatic nitrogens is 2. The molecule has 3 atom stereocenters. The van der Waals surface area contributed by atoms with Crippen molar-refractivity contribution in [2.45, 2.75) is 63.9 Å². The van der Waals surface area contributed by atoms with Crippen LogP contribution in [0, 0.1) is 6.92 Å². The molecule has 2 aliphatic rings. The van der Waals surface area contributed by atoms with Crippen molar-refractivity contribution in [2.24, 2.45) is 0 Å². The molecule has 0 saturated carbocycles. The van der Waals surface area contributed by atoms with E-state index in [1.54, 1.807) is 6.20 Å². The highest BCUT2D eigenvalue weighted by atomic mass is 16.5. The fraction of sp³-hybridized carbons (Fsp3) is 0.765. The summed E-state index contributed by atoms with van der Waals surface area (Å²) in [6.07, 6.45) is 6.06. The Morgan fingerprint density at radius 3 is 2.54 bits per heavy atom. The Kier molecular flexibility index (Phi) is 5.53. The van der Waals surface area contributed by atoms with E-state index in [0.717, 1.165) is 37.3 Å². The molecule has 7 nitrogen and oxygen atoms in total. The van der Waals surface area contributed by atoms with Gasteiger partial charge in [0.2, 0.25) is 0 Å². The molecule has 0 amide bonds. The zero-order valence-corrected chi connectivity index (χ0v) is 14.2. The van der Waals surface area contributed by atoms with Crippen LogP contribution in [0.15, 0.2) is 11.0 Å². The van der Waals surface area contributed by atoms with Crippen molar-refractivity contribution < 1.29 is 14.9 Å². The molecule has 2 fully saturated rings. The number of hydrogen-bond donors (Lipinski definition) is 2. The second-order valence-electron chi connectivity index (χ2n) is 6.81. The van der Waals surface area contributed by atoms with Gasteiger partial charge in [0.05, 0.1) is 12.7 Å². The molecule has 134 valence electrons. The summed E-state index contributed by atoms with van der Waals surface area (Å²) in [5.74, 6) is 0.760. The highest BCUT2D eigenvalue weighted by Gasteiger charge is 2.35. The average molecular weight is 337 g/mol. The monoisotopic (exact) mass is 337 g/mol. The topological polar surface area (TPSA) is 87.8 Å². The fourth-order valence-corrected chi connectivity index (χ4v) is 3.59. The molecule has 0 spiro atoms.